The molecule has 7 heteroatoms. The van der Waals surface area contributed by atoms with Gasteiger partial charge in [-0.3, -0.25) is 14.2 Å². The van der Waals surface area contributed by atoms with E-state index < -0.39 is 0 Å². The minimum atomic E-state index is 0.00327. The molecular formula is C19H27N3O2S2. The fourth-order valence-corrected chi connectivity index (χ4v) is 5.45. The van der Waals surface area contributed by atoms with E-state index in [0.717, 1.165) is 39.4 Å². The van der Waals surface area contributed by atoms with Gasteiger partial charge in [0.2, 0.25) is 5.91 Å². The van der Waals surface area contributed by atoms with E-state index >= 15 is 0 Å². The maximum Gasteiger partial charge on any atom is 0.263 e. The molecule has 0 aromatic carbocycles. The van der Waals surface area contributed by atoms with E-state index in [-0.39, 0.29) is 11.5 Å². The van der Waals surface area contributed by atoms with Gasteiger partial charge >= 0.3 is 0 Å². The number of amides is 1. The van der Waals surface area contributed by atoms with Gasteiger partial charge in [-0.25, -0.2) is 4.98 Å². The van der Waals surface area contributed by atoms with Crippen LogP contribution < -0.4 is 10.9 Å². The molecule has 3 rings (SSSR count). The highest BCUT2D eigenvalue weighted by atomic mass is 32.2. The number of hydrogen-bond acceptors (Lipinski definition) is 5. The maximum absolute atomic E-state index is 12.8. The van der Waals surface area contributed by atoms with Crippen LogP contribution in [0.3, 0.4) is 0 Å². The first-order chi connectivity index (χ1) is 12.4. The lowest BCUT2D eigenvalue weighted by atomic mass is 9.87. The molecule has 0 saturated heterocycles. The van der Waals surface area contributed by atoms with Crippen LogP contribution in [0.25, 0.3) is 10.2 Å². The third-order valence-corrected chi connectivity index (χ3v) is 7.36. The van der Waals surface area contributed by atoms with Crippen molar-refractivity contribution in [3.8, 4) is 0 Å². The van der Waals surface area contributed by atoms with Crippen LogP contribution in [-0.2, 0) is 11.3 Å². The molecule has 5 nitrogen and oxygen atoms in total. The number of nitrogens with one attached hydrogen (secondary N) is 1. The summed E-state index contributed by atoms with van der Waals surface area (Å²) in [4.78, 5) is 31.7. The first-order valence-corrected chi connectivity index (χ1v) is 11.1. The van der Waals surface area contributed by atoms with Crippen LogP contribution in [0.2, 0.25) is 0 Å². The number of thioether (sulfide) groups is 1. The third-order valence-electron chi connectivity index (χ3n) is 5.28. The zero-order valence-corrected chi connectivity index (χ0v) is 17.6. The largest absolute Gasteiger partial charge is 0.353 e. The lowest BCUT2D eigenvalue weighted by molar-refractivity contribution is -0.119. The summed E-state index contributed by atoms with van der Waals surface area (Å²) in [6.45, 7) is 8.76. The Labute approximate surface area is 162 Å². The Morgan fingerprint density at radius 2 is 2.00 bits per heavy atom. The predicted octanol–water partition coefficient (Wildman–Crippen LogP) is 3.88. The molecule has 26 heavy (non-hydrogen) atoms. The summed E-state index contributed by atoms with van der Waals surface area (Å²) in [7, 11) is 0. The summed E-state index contributed by atoms with van der Waals surface area (Å²) in [5.41, 5.74) is 1.02. The van der Waals surface area contributed by atoms with E-state index in [1.165, 1.54) is 24.6 Å². The van der Waals surface area contributed by atoms with Gasteiger partial charge in [0.25, 0.3) is 5.56 Å². The van der Waals surface area contributed by atoms with Crippen LogP contribution in [-0.4, -0.2) is 27.3 Å². The normalized spacial score (nSPS) is 20.5. The Hall–Kier alpha value is -1.34. The molecule has 1 N–H and O–H groups in total. The zero-order chi connectivity index (χ0) is 18.8. The number of nitrogens with zero attached hydrogens (tertiary/aromatic N) is 2. The molecule has 2 aromatic rings. The molecule has 0 aliphatic heterocycles. The van der Waals surface area contributed by atoms with Gasteiger partial charge in [0, 0.05) is 17.5 Å². The Balaban J connectivity index is 1.72. The van der Waals surface area contributed by atoms with Crippen molar-refractivity contribution in [2.24, 2.45) is 5.92 Å². The van der Waals surface area contributed by atoms with Crippen LogP contribution in [0, 0.1) is 19.8 Å². The topological polar surface area (TPSA) is 64.0 Å². The smallest absolute Gasteiger partial charge is 0.263 e. The summed E-state index contributed by atoms with van der Waals surface area (Å²) in [6, 6.07) is 0.297. The zero-order valence-electron chi connectivity index (χ0n) is 15.9. The molecule has 2 aromatic heterocycles. The highest BCUT2D eigenvalue weighted by Gasteiger charge is 2.21. The molecule has 2 heterocycles. The summed E-state index contributed by atoms with van der Waals surface area (Å²) in [5.74, 6) is 1.10. The molecule has 1 amide bonds. The van der Waals surface area contributed by atoms with Crippen molar-refractivity contribution in [1.82, 2.24) is 14.9 Å². The summed E-state index contributed by atoms with van der Waals surface area (Å²) in [5, 5.41) is 4.50. The standard InChI is InChI=1S/C19H27N3O2S2/c1-5-22-18(24)16-12(3)13(4)26-17(16)21-19(22)25-10-15(23)20-14-8-6-11(2)7-9-14/h11,14H,5-10H2,1-4H3,(H,20,23). The molecule has 1 aliphatic rings. The first-order valence-electron chi connectivity index (χ1n) is 9.33. The van der Waals surface area contributed by atoms with E-state index in [9.17, 15) is 9.59 Å². The second-order valence-electron chi connectivity index (χ2n) is 7.22. The molecule has 1 fully saturated rings. The van der Waals surface area contributed by atoms with Gasteiger partial charge in [-0.2, -0.15) is 0 Å². The number of fused-ring (bicyclic) bond motifs is 1. The predicted molar refractivity (Wildman–Crippen MR) is 109 cm³/mol. The average molecular weight is 394 g/mol. The molecule has 1 saturated carbocycles. The summed E-state index contributed by atoms with van der Waals surface area (Å²) in [6.07, 6.45) is 4.50. The van der Waals surface area contributed by atoms with Crippen molar-refractivity contribution >= 4 is 39.2 Å². The fraction of sp³-hybridized carbons (Fsp3) is 0.632. The fourth-order valence-electron chi connectivity index (χ4n) is 3.50. The van der Waals surface area contributed by atoms with E-state index in [0.29, 0.717) is 23.5 Å². The molecule has 0 atom stereocenters. The number of thiophene rings is 1. The van der Waals surface area contributed by atoms with Crippen molar-refractivity contribution in [1.29, 1.82) is 0 Å². The number of rotatable bonds is 5. The van der Waals surface area contributed by atoms with E-state index in [1.54, 1.807) is 15.9 Å². The molecular weight excluding hydrogens is 366 g/mol. The van der Waals surface area contributed by atoms with Crippen molar-refractivity contribution in [2.45, 2.75) is 71.1 Å². The second-order valence-corrected chi connectivity index (χ2v) is 9.37. The van der Waals surface area contributed by atoms with Gasteiger partial charge < -0.3 is 5.32 Å². The van der Waals surface area contributed by atoms with Gasteiger partial charge in [0.05, 0.1) is 11.1 Å². The van der Waals surface area contributed by atoms with Crippen molar-refractivity contribution < 1.29 is 4.79 Å². The van der Waals surface area contributed by atoms with Crippen LogP contribution in [0.5, 0.6) is 0 Å². The van der Waals surface area contributed by atoms with Crippen LogP contribution >= 0.6 is 23.1 Å². The number of carbonyl (C=O) groups excluding carboxylic acids is 1. The minimum Gasteiger partial charge on any atom is -0.353 e. The average Bonchev–Trinajstić information content (AvgIpc) is 2.89. The number of carbonyl (C=O) groups is 1. The second kappa shape index (κ2) is 8.13. The number of aromatic nitrogens is 2. The SMILES string of the molecule is CCn1c(SCC(=O)NC2CCC(C)CC2)nc2sc(C)c(C)c2c1=O. The Bertz CT molecular complexity index is 864. The highest BCUT2D eigenvalue weighted by Crippen LogP contribution is 2.28. The van der Waals surface area contributed by atoms with Gasteiger partial charge in [-0.1, -0.05) is 18.7 Å². The van der Waals surface area contributed by atoms with Gasteiger partial charge in [0.1, 0.15) is 4.83 Å². The number of hydrogen-bond donors (Lipinski definition) is 1. The molecule has 0 bridgehead atoms. The van der Waals surface area contributed by atoms with Gasteiger partial charge in [0.15, 0.2) is 5.16 Å². The number of aryl methyl sites for hydroxylation is 2. The van der Waals surface area contributed by atoms with Crippen LogP contribution in [0.15, 0.2) is 9.95 Å². The van der Waals surface area contributed by atoms with E-state index in [4.69, 9.17) is 0 Å². The summed E-state index contributed by atoms with van der Waals surface area (Å²) >= 11 is 2.91. The summed E-state index contributed by atoms with van der Waals surface area (Å²) < 4.78 is 1.68. The first kappa shape index (κ1) is 19.4. The Morgan fingerprint density at radius 3 is 2.65 bits per heavy atom. The van der Waals surface area contributed by atoms with Gasteiger partial charge in [-0.15, -0.1) is 11.3 Å². The lowest BCUT2D eigenvalue weighted by Crippen LogP contribution is -2.38. The van der Waals surface area contributed by atoms with Gasteiger partial charge in [-0.05, 0) is 57.9 Å². The quantitative estimate of drug-likeness (QED) is 0.618. The van der Waals surface area contributed by atoms with E-state index in [1.807, 2.05) is 20.8 Å². The Kier molecular flexibility index (Phi) is 6.07. The van der Waals surface area contributed by atoms with Crippen molar-refractivity contribution in [2.75, 3.05) is 5.75 Å². The van der Waals surface area contributed by atoms with Crippen molar-refractivity contribution in [3.05, 3.63) is 20.8 Å². The maximum atomic E-state index is 12.8. The third kappa shape index (κ3) is 3.98. The Morgan fingerprint density at radius 1 is 1.31 bits per heavy atom. The van der Waals surface area contributed by atoms with Crippen LogP contribution in [0.1, 0.15) is 50.0 Å². The van der Waals surface area contributed by atoms with Crippen molar-refractivity contribution in [3.63, 3.8) is 0 Å². The molecule has 0 unspecified atom stereocenters. The monoisotopic (exact) mass is 393 g/mol. The molecule has 142 valence electrons. The lowest BCUT2D eigenvalue weighted by Gasteiger charge is -2.26. The highest BCUT2D eigenvalue weighted by molar-refractivity contribution is 7.99. The van der Waals surface area contributed by atoms with E-state index in [2.05, 4.69) is 17.2 Å². The minimum absolute atomic E-state index is 0.00327. The van der Waals surface area contributed by atoms with Crippen LogP contribution in [0.4, 0.5) is 0 Å². The molecule has 1 aliphatic carbocycles. The molecule has 0 spiro atoms. The molecule has 0 radical (unpaired) electrons.